The first kappa shape index (κ1) is 11.3. The molecule has 0 atom stereocenters. The predicted octanol–water partition coefficient (Wildman–Crippen LogP) is 3.47. The molecule has 0 aliphatic carbocycles. The summed E-state index contributed by atoms with van der Waals surface area (Å²) in [5.41, 5.74) is 1.68. The lowest BCUT2D eigenvalue weighted by molar-refractivity contribution is 0.102. The van der Waals surface area contributed by atoms with Gasteiger partial charge in [0.15, 0.2) is 0 Å². The Labute approximate surface area is 106 Å². The Morgan fingerprint density at radius 3 is 2.94 bits per heavy atom. The van der Waals surface area contributed by atoms with Crippen molar-refractivity contribution >= 4 is 39.0 Å². The Bertz CT molecular complexity index is 524. The number of rotatable bonds is 2. The number of nitrogens with zero attached hydrogens (tertiary/aromatic N) is 1. The summed E-state index contributed by atoms with van der Waals surface area (Å²) < 4.78 is 0.774. The Morgan fingerprint density at radius 2 is 2.31 bits per heavy atom. The van der Waals surface area contributed by atoms with Crippen LogP contribution in [0, 0.1) is 6.92 Å². The van der Waals surface area contributed by atoms with Crippen LogP contribution in [0.1, 0.15) is 15.9 Å². The van der Waals surface area contributed by atoms with E-state index in [4.69, 9.17) is 0 Å². The third-order valence-electron chi connectivity index (χ3n) is 2.09. The average Bonchev–Trinajstić information content (AvgIpc) is 2.68. The molecule has 16 heavy (non-hydrogen) atoms. The molecule has 82 valence electrons. The van der Waals surface area contributed by atoms with E-state index in [0.29, 0.717) is 11.4 Å². The summed E-state index contributed by atoms with van der Waals surface area (Å²) in [6.45, 7) is 1.92. The highest BCUT2D eigenvalue weighted by molar-refractivity contribution is 9.10. The molecule has 2 rings (SSSR count). The first-order chi connectivity index (χ1) is 7.68. The van der Waals surface area contributed by atoms with Gasteiger partial charge in [-0.3, -0.25) is 4.79 Å². The van der Waals surface area contributed by atoms with Crippen molar-refractivity contribution in [3.8, 4) is 0 Å². The first-order valence-electron chi connectivity index (χ1n) is 4.63. The SMILES string of the molecule is Cc1cscc1C(=O)Nc1ncccc1Br. The molecule has 2 heterocycles. The van der Waals surface area contributed by atoms with Crippen LogP contribution in [0.15, 0.2) is 33.6 Å². The van der Waals surface area contributed by atoms with Crippen molar-refractivity contribution in [2.45, 2.75) is 6.92 Å². The molecule has 0 saturated heterocycles. The molecule has 5 heteroatoms. The van der Waals surface area contributed by atoms with Crippen molar-refractivity contribution in [2.75, 3.05) is 5.32 Å². The third-order valence-corrected chi connectivity index (χ3v) is 3.59. The highest BCUT2D eigenvalue weighted by Crippen LogP contribution is 2.20. The van der Waals surface area contributed by atoms with Crippen LogP contribution in [0.2, 0.25) is 0 Å². The summed E-state index contributed by atoms with van der Waals surface area (Å²) in [7, 11) is 0. The van der Waals surface area contributed by atoms with E-state index < -0.39 is 0 Å². The van der Waals surface area contributed by atoms with E-state index in [1.807, 2.05) is 23.8 Å². The third kappa shape index (κ3) is 2.31. The summed E-state index contributed by atoms with van der Waals surface area (Å²) in [6.07, 6.45) is 1.64. The van der Waals surface area contributed by atoms with E-state index in [0.717, 1.165) is 10.0 Å². The Hall–Kier alpha value is -1.20. The minimum Gasteiger partial charge on any atom is -0.306 e. The molecule has 0 aliphatic heterocycles. The lowest BCUT2D eigenvalue weighted by atomic mass is 10.2. The van der Waals surface area contributed by atoms with Crippen LogP contribution in [0.25, 0.3) is 0 Å². The number of nitrogens with one attached hydrogen (secondary N) is 1. The number of hydrogen-bond donors (Lipinski definition) is 1. The van der Waals surface area contributed by atoms with Crippen molar-refractivity contribution in [2.24, 2.45) is 0 Å². The molecular formula is C11H9BrN2OS. The number of hydrogen-bond acceptors (Lipinski definition) is 3. The number of aryl methyl sites for hydroxylation is 1. The van der Waals surface area contributed by atoms with Gasteiger partial charge in [-0.15, -0.1) is 0 Å². The summed E-state index contributed by atoms with van der Waals surface area (Å²) in [5.74, 6) is 0.413. The van der Waals surface area contributed by atoms with Crippen molar-refractivity contribution in [3.05, 3.63) is 44.7 Å². The summed E-state index contributed by atoms with van der Waals surface area (Å²) in [6, 6.07) is 3.64. The van der Waals surface area contributed by atoms with E-state index >= 15 is 0 Å². The maximum atomic E-state index is 11.9. The van der Waals surface area contributed by atoms with Crippen LogP contribution in [-0.2, 0) is 0 Å². The van der Waals surface area contributed by atoms with Crippen molar-refractivity contribution in [3.63, 3.8) is 0 Å². The second-order valence-corrected chi connectivity index (χ2v) is 4.85. The number of amides is 1. The molecule has 0 spiro atoms. The highest BCUT2D eigenvalue weighted by Gasteiger charge is 2.11. The van der Waals surface area contributed by atoms with Crippen LogP contribution in [0.5, 0.6) is 0 Å². The van der Waals surface area contributed by atoms with E-state index in [-0.39, 0.29) is 5.91 Å². The van der Waals surface area contributed by atoms with Gasteiger partial charge in [-0.25, -0.2) is 4.98 Å². The molecule has 0 aromatic carbocycles. The lowest BCUT2D eigenvalue weighted by Gasteiger charge is -2.05. The van der Waals surface area contributed by atoms with Crippen molar-refractivity contribution < 1.29 is 4.79 Å². The van der Waals surface area contributed by atoms with Gasteiger partial charge in [0.2, 0.25) is 0 Å². The minimum absolute atomic E-state index is 0.127. The van der Waals surface area contributed by atoms with Gasteiger partial charge < -0.3 is 5.32 Å². The fourth-order valence-corrected chi connectivity index (χ4v) is 2.43. The predicted molar refractivity (Wildman–Crippen MR) is 68.9 cm³/mol. The quantitative estimate of drug-likeness (QED) is 0.922. The van der Waals surface area contributed by atoms with Gasteiger partial charge in [-0.1, -0.05) is 0 Å². The molecule has 2 aromatic rings. The van der Waals surface area contributed by atoms with Gasteiger partial charge in [0.25, 0.3) is 5.91 Å². The van der Waals surface area contributed by atoms with Gasteiger partial charge in [0.1, 0.15) is 5.82 Å². The van der Waals surface area contributed by atoms with Gasteiger partial charge >= 0.3 is 0 Å². The van der Waals surface area contributed by atoms with Crippen LogP contribution in [0.4, 0.5) is 5.82 Å². The Balaban J connectivity index is 2.21. The van der Waals surface area contributed by atoms with Gasteiger partial charge in [0.05, 0.1) is 10.0 Å². The molecule has 2 aromatic heterocycles. The summed E-state index contributed by atoms with van der Waals surface area (Å²) in [4.78, 5) is 16.0. The largest absolute Gasteiger partial charge is 0.306 e. The molecule has 0 bridgehead atoms. The molecular weight excluding hydrogens is 288 g/mol. The highest BCUT2D eigenvalue weighted by atomic mass is 79.9. The summed E-state index contributed by atoms with van der Waals surface area (Å²) >= 11 is 4.85. The smallest absolute Gasteiger partial charge is 0.257 e. The monoisotopic (exact) mass is 296 g/mol. The van der Waals surface area contributed by atoms with Gasteiger partial charge in [-0.2, -0.15) is 11.3 Å². The second kappa shape index (κ2) is 4.76. The standard InChI is InChI=1S/C11H9BrN2OS/c1-7-5-16-6-8(7)11(15)14-10-9(12)3-2-4-13-10/h2-6H,1H3,(H,13,14,15). The fourth-order valence-electron chi connectivity index (χ4n) is 1.25. The molecule has 3 nitrogen and oxygen atoms in total. The van der Waals surface area contributed by atoms with E-state index in [1.54, 1.807) is 12.3 Å². The number of thiophene rings is 1. The number of halogens is 1. The molecule has 0 saturated carbocycles. The molecule has 0 fully saturated rings. The van der Waals surface area contributed by atoms with Crippen LogP contribution < -0.4 is 5.32 Å². The number of anilines is 1. The maximum absolute atomic E-state index is 11.9. The normalized spacial score (nSPS) is 10.1. The minimum atomic E-state index is -0.127. The second-order valence-electron chi connectivity index (χ2n) is 3.26. The molecule has 0 unspecified atom stereocenters. The number of pyridine rings is 1. The van der Waals surface area contributed by atoms with Crippen LogP contribution in [-0.4, -0.2) is 10.9 Å². The van der Waals surface area contributed by atoms with Crippen molar-refractivity contribution in [1.82, 2.24) is 4.98 Å². The van der Waals surface area contributed by atoms with Gasteiger partial charge in [-0.05, 0) is 45.9 Å². The van der Waals surface area contributed by atoms with E-state index in [1.165, 1.54) is 11.3 Å². The lowest BCUT2D eigenvalue weighted by Crippen LogP contribution is -2.13. The number of carbonyl (C=O) groups is 1. The average molecular weight is 297 g/mol. The Kier molecular flexibility index (Phi) is 3.36. The number of carbonyl (C=O) groups excluding carboxylic acids is 1. The zero-order valence-corrected chi connectivity index (χ0v) is 10.9. The molecule has 1 N–H and O–H groups in total. The zero-order valence-electron chi connectivity index (χ0n) is 8.53. The zero-order chi connectivity index (χ0) is 11.5. The van der Waals surface area contributed by atoms with Gasteiger partial charge in [0, 0.05) is 11.6 Å². The van der Waals surface area contributed by atoms with E-state index in [2.05, 4.69) is 26.2 Å². The summed E-state index contributed by atoms with van der Waals surface area (Å²) in [5, 5.41) is 6.54. The topological polar surface area (TPSA) is 42.0 Å². The van der Waals surface area contributed by atoms with Crippen molar-refractivity contribution in [1.29, 1.82) is 0 Å². The molecule has 0 aliphatic rings. The Morgan fingerprint density at radius 1 is 1.50 bits per heavy atom. The first-order valence-corrected chi connectivity index (χ1v) is 6.36. The number of aromatic nitrogens is 1. The molecule has 1 amide bonds. The van der Waals surface area contributed by atoms with Crippen LogP contribution in [0.3, 0.4) is 0 Å². The van der Waals surface area contributed by atoms with E-state index in [9.17, 15) is 4.79 Å². The maximum Gasteiger partial charge on any atom is 0.257 e. The molecule has 0 radical (unpaired) electrons. The fraction of sp³-hybridized carbons (Fsp3) is 0.0909. The van der Waals surface area contributed by atoms with Crippen LogP contribution >= 0.6 is 27.3 Å².